The van der Waals surface area contributed by atoms with Crippen molar-refractivity contribution in [3.8, 4) is 0 Å². The maximum Gasteiger partial charge on any atom is 0.0763 e. The third kappa shape index (κ3) is 2.60. The van der Waals surface area contributed by atoms with Crippen LogP contribution in [-0.2, 0) is 0 Å². The Morgan fingerprint density at radius 2 is 1.35 bits per heavy atom. The lowest BCUT2D eigenvalue weighted by atomic mass is 10.2. The van der Waals surface area contributed by atoms with Crippen molar-refractivity contribution < 1.29 is 0 Å². The fourth-order valence-corrected chi connectivity index (χ4v) is 2.06. The van der Waals surface area contributed by atoms with Crippen molar-refractivity contribution in [1.82, 2.24) is 0 Å². The number of benzene rings is 2. The van der Waals surface area contributed by atoms with Crippen molar-refractivity contribution in [3.63, 3.8) is 0 Å². The van der Waals surface area contributed by atoms with E-state index >= 15 is 0 Å². The molecular weight excluding hydrogens is 279 g/mol. The molecule has 0 atom stereocenters. The first-order valence-electron chi connectivity index (χ1n) is 4.84. The minimum absolute atomic E-state index is 0.463. The van der Waals surface area contributed by atoms with Crippen LogP contribution in [0, 0.1) is 0 Å². The van der Waals surface area contributed by atoms with Crippen molar-refractivity contribution in [1.29, 1.82) is 0 Å². The highest BCUT2D eigenvalue weighted by molar-refractivity contribution is 6.39. The monoisotopic (exact) mass is 286 g/mol. The highest BCUT2D eigenvalue weighted by Crippen LogP contribution is 2.35. The normalized spacial score (nSPS) is 10.3. The van der Waals surface area contributed by atoms with Gasteiger partial charge in [-0.1, -0.05) is 46.9 Å². The average molecular weight is 288 g/mol. The number of nitrogens with one attached hydrogen (secondary N) is 1. The number of nitrogens with two attached hydrogens (primary N) is 1. The molecule has 2 aromatic rings. The standard InChI is InChI=1S/C12H9Cl3N2/c13-7-3-2-6-10(11(7)16)17-12-8(14)4-1-5-9(12)15/h1-6,17H,16H2. The number of hydrogen-bond acceptors (Lipinski definition) is 2. The Morgan fingerprint density at radius 3 is 2.00 bits per heavy atom. The van der Waals surface area contributed by atoms with Gasteiger partial charge in [-0.15, -0.1) is 0 Å². The number of rotatable bonds is 2. The van der Waals surface area contributed by atoms with Crippen LogP contribution in [0.4, 0.5) is 17.1 Å². The van der Waals surface area contributed by atoms with Crippen LogP contribution >= 0.6 is 34.8 Å². The lowest BCUT2D eigenvalue weighted by Crippen LogP contribution is -1.97. The van der Waals surface area contributed by atoms with Gasteiger partial charge in [-0.05, 0) is 24.3 Å². The van der Waals surface area contributed by atoms with E-state index in [-0.39, 0.29) is 0 Å². The summed E-state index contributed by atoms with van der Waals surface area (Å²) in [4.78, 5) is 0. The van der Waals surface area contributed by atoms with Gasteiger partial charge in [0.2, 0.25) is 0 Å². The van der Waals surface area contributed by atoms with E-state index in [1.165, 1.54) is 0 Å². The Kier molecular flexibility index (Phi) is 3.67. The van der Waals surface area contributed by atoms with Gasteiger partial charge in [0, 0.05) is 0 Å². The third-order valence-corrected chi connectivity index (χ3v) is 3.23. The summed E-state index contributed by atoms with van der Waals surface area (Å²) < 4.78 is 0. The summed E-state index contributed by atoms with van der Waals surface area (Å²) >= 11 is 18.0. The predicted molar refractivity (Wildman–Crippen MR) is 75.6 cm³/mol. The highest BCUT2D eigenvalue weighted by Gasteiger charge is 2.08. The molecule has 0 unspecified atom stereocenters. The fourth-order valence-electron chi connectivity index (χ4n) is 1.40. The third-order valence-electron chi connectivity index (χ3n) is 2.28. The summed E-state index contributed by atoms with van der Waals surface area (Å²) in [7, 11) is 0. The van der Waals surface area contributed by atoms with E-state index in [9.17, 15) is 0 Å². The summed E-state index contributed by atoms with van der Waals surface area (Å²) in [5.74, 6) is 0. The molecule has 0 aromatic heterocycles. The van der Waals surface area contributed by atoms with Crippen LogP contribution in [0.25, 0.3) is 0 Å². The Bertz CT molecular complexity index is 535. The van der Waals surface area contributed by atoms with Crippen LogP contribution in [0.5, 0.6) is 0 Å². The molecule has 0 heterocycles. The molecule has 2 nitrogen and oxygen atoms in total. The minimum atomic E-state index is 0.463. The first kappa shape index (κ1) is 12.4. The molecule has 0 spiro atoms. The molecule has 0 radical (unpaired) electrons. The summed E-state index contributed by atoms with van der Waals surface area (Å²) in [6.45, 7) is 0. The van der Waals surface area contributed by atoms with E-state index in [2.05, 4.69) is 5.32 Å². The molecule has 0 saturated heterocycles. The largest absolute Gasteiger partial charge is 0.396 e. The zero-order valence-corrected chi connectivity index (χ0v) is 10.9. The number of hydrogen-bond donors (Lipinski definition) is 2. The Morgan fingerprint density at radius 1 is 0.824 bits per heavy atom. The number of halogens is 3. The Labute approximate surface area is 114 Å². The van der Waals surface area contributed by atoms with Gasteiger partial charge in [0.25, 0.3) is 0 Å². The highest BCUT2D eigenvalue weighted by atomic mass is 35.5. The van der Waals surface area contributed by atoms with Gasteiger partial charge in [0.1, 0.15) is 0 Å². The second kappa shape index (κ2) is 5.05. The van der Waals surface area contributed by atoms with Crippen molar-refractivity contribution in [2.75, 3.05) is 11.1 Å². The van der Waals surface area contributed by atoms with E-state index in [0.717, 1.165) is 0 Å². The van der Waals surface area contributed by atoms with Gasteiger partial charge < -0.3 is 11.1 Å². The smallest absolute Gasteiger partial charge is 0.0763 e. The molecule has 0 bridgehead atoms. The van der Waals surface area contributed by atoms with Crippen LogP contribution in [0.15, 0.2) is 36.4 Å². The van der Waals surface area contributed by atoms with E-state index < -0.39 is 0 Å². The molecule has 2 aromatic carbocycles. The summed E-state index contributed by atoms with van der Waals surface area (Å²) in [6, 6.07) is 10.6. The Balaban J connectivity index is 2.42. The zero-order chi connectivity index (χ0) is 12.4. The molecule has 2 rings (SSSR count). The van der Waals surface area contributed by atoms with Crippen LogP contribution in [0.1, 0.15) is 0 Å². The summed E-state index contributed by atoms with van der Waals surface area (Å²) in [5, 5.41) is 4.61. The van der Waals surface area contributed by atoms with Crippen LogP contribution in [0.3, 0.4) is 0 Å². The van der Waals surface area contributed by atoms with Crippen LogP contribution in [-0.4, -0.2) is 0 Å². The molecule has 17 heavy (non-hydrogen) atoms. The Hall–Kier alpha value is -1.09. The van der Waals surface area contributed by atoms with E-state index in [1.54, 1.807) is 36.4 Å². The average Bonchev–Trinajstić information content (AvgIpc) is 2.29. The lowest BCUT2D eigenvalue weighted by molar-refractivity contribution is 1.54. The number of nitrogen functional groups attached to an aromatic ring is 1. The van der Waals surface area contributed by atoms with Gasteiger partial charge in [-0.2, -0.15) is 0 Å². The van der Waals surface area contributed by atoms with Gasteiger partial charge in [0.15, 0.2) is 0 Å². The molecule has 0 aliphatic rings. The molecule has 0 fully saturated rings. The minimum Gasteiger partial charge on any atom is -0.396 e. The first-order chi connectivity index (χ1) is 8.09. The molecular formula is C12H9Cl3N2. The number of para-hydroxylation sites is 2. The quantitative estimate of drug-likeness (QED) is 0.765. The second-order valence-corrected chi connectivity index (χ2v) is 4.64. The van der Waals surface area contributed by atoms with Crippen molar-refractivity contribution in [2.24, 2.45) is 0 Å². The van der Waals surface area contributed by atoms with Crippen LogP contribution < -0.4 is 11.1 Å². The van der Waals surface area contributed by atoms with E-state index in [4.69, 9.17) is 40.5 Å². The van der Waals surface area contributed by atoms with Gasteiger partial charge in [-0.3, -0.25) is 0 Å². The van der Waals surface area contributed by atoms with Gasteiger partial charge in [0.05, 0.1) is 32.1 Å². The van der Waals surface area contributed by atoms with Gasteiger partial charge in [-0.25, -0.2) is 0 Å². The van der Waals surface area contributed by atoms with Gasteiger partial charge >= 0.3 is 0 Å². The van der Waals surface area contributed by atoms with Crippen LogP contribution in [0.2, 0.25) is 15.1 Å². The first-order valence-corrected chi connectivity index (χ1v) is 5.98. The zero-order valence-electron chi connectivity index (χ0n) is 8.68. The second-order valence-electron chi connectivity index (χ2n) is 3.42. The molecule has 5 heteroatoms. The maximum atomic E-state index is 6.05. The van der Waals surface area contributed by atoms with E-state index in [1.807, 2.05) is 0 Å². The van der Waals surface area contributed by atoms with Crippen molar-refractivity contribution in [3.05, 3.63) is 51.5 Å². The van der Waals surface area contributed by atoms with Crippen molar-refractivity contribution >= 4 is 51.9 Å². The molecule has 0 aliphatic carbocycles. The molecule has 0 saturated carbocycles. The number of anilines is 3. The molecule has 3 N–H and O–H groups in total. The topological polar surface area (TPSA) is 38.0 Å². The fraction of sp³-hybridized carbons (Fsp3) is 0. The molecule has 0 aliphatic heterocycles. The SMILES string of the molecule is Nc1c(Cl)cccc1Nc1c(Cl)cccc1Cl. The predicted octanol–water partition coefficient (Wildman–Crippen LogP) is 4.97. The summed E-state index contributed by atoms with van der Waals surface area (Å²) in [5.41, 5.74) is 7.60. The van der Waals surface area contributed by atoms with Crippen molar-refractivity contribution in [2.45, 2.75) is 0 Å². The maximum absolute atomic E-state index is 6.05. The molecule has 0 amide bonds. The molecule has 88 valence electrons. The van der Waals surface area contributed by atoms with E-state index in [0.29, 0.717) is 32.1 Å². The lowest BCUT2D eigenvalue weighted by Gasteiger charge is -2.12. The summed E-state index contributed by atoms with van der Waals surface area (Å²) in [6.07, 6.45) is 0.